The third-order valence-corrected chi connectivity index (χ3v) is 6.05. The molecule has 7 nitrogen and oxygen atoms in total. The second kappa shape index (κ2) is 12.2. The molecule has 3 N–H and O–H groups in total. The fourth-order valence-corrected chi connectivity index (χ4v) is 4.58. The number of ether oxygens (including phenoxy) is 1. The first-order chi connectivity index (χ1) is 16.3. The maximum absolute atomic E-state index is 12.5. The smallest absolute Gasteiger partial charge is 0.407 e. The summed E-state index contributed by atoms with van der Waals surface area (Å²) in [4.78, 5) is 35.3. The molecule has 2 amide bonds. The molecule has 0 aromatic heterocycles. The molecule has 0 fully saturated rings. The van der Waals surface area contributed by atoms with Gasteiger partial charge in [0.25, 0.3) is 0 Å². The van der Waals surface area contributed by atoms with E-state index in [9.17, 15) is 14.4 Å². The van der Waals surface area contributed by atoms with Crippen molar-refractivity contribution in [3.63, 3.8) is 0 Å². The number of nitrogens with one attached hydrogen (secondary N) is 2. The first-order valence-corrected chi connectivity index (χ1v) is 11.9. The Morgan fingerprint density at radius 1 is 0.971 bits per heavy atom. The fourth-order valence-electron chi connectivity index (χ4n) is 4.58. The van der Waals surface area contributed by atoms with Gasteiger partial charge in [0.05, 0.1) is 0 Å². The lowest BCUT2D eigenvalue weighted by molar-refractivity contribution is -0.137. The van der Waals surface area contributed by atoms with Crippen molar-refractivity contribution in [2.75, 3.05) is 19.7 Å². The average molecular weight is 467 g/mol. The highest BCUT2D eigenvalue weighted by Gasteiger charge is 2.29. The van der Waals surface area contributed by atoms with Gasteiger partial charge in [-0.05, 0) is 46.9 Å². The Bertz CT molecular complexity index is 959. The molecule has 0 spiro atoms. The van der Waals surface area contributed by atoms with Crippen LogP contribution >= 0.6 is 0 Å². The molecule has 0 bridgehead atoms. The highest BCUT2D eigenvalue weighted by Crippen LogP contribution is 2.44. The minimum Gasteiger partial charge on any atom is -0.481 e. The van der Waals surface area contributed by atoms with Crippen molar-refractivity contribution in [1.29, 1.82) is 0 Å². The van der Waals surface area contributed by atoms with Gasteiger partial charge in [-0.25, -0.2) is 4.79 Å². The summed E-state index contributed by atoms with van der Waals surface area (Å²) >= 11 is 0. The van der Waals surface area contributed by atoms with E-state index in [-0.39, 0.29) is 37.2 Å². The average Bonchev–Trinajstić information content (AvgIpc) is 3.12. The van der Waals surface area contributed by atoms with Crippen molar-refractivity contribution in [2.45, 2.75) is 45.4 Å². The fraction of sp³-hybridized carbons (Fsp3) is 0.444. The van der Waals surface area contributed by atoms with E-state index in [1.165, 1.54) is 11.1 Å². The summed E-state index contributed by atoms with van der Waals surface area (Å²) in [6.45, 7) is 5.08. The number of carboxylic acids is 1. The molecule has 2 aromatic rings. The van der Waals surface area contributed by atoms with Gasteiger partial charge in [0.15, 0.2) is 0 Å². The van der Waals surface area contributed by atoms with Gasteiger partial charge in [-0.15, -0.1) is 0 Å². The summed E-state index contributed by atoms with van der Waals surface area (Å²) < 4.78 is 5.60. The molecule has 2 aromatic carbocycles. The van der Waals surface area contributed by atoms with Gasteiger partial charge in [-0.3, -0.25) is 9.59 Å². The zero-order chi connectivity index (χ0) is 24.5. The van der Waals surface area contributed by atoms with E-state index in [0.717, 1.165) is 17.5 Å². The third kappa shape index (κ3) is 7.07. The van der Waals surface area contributed by atoms with Crippen LogP contribution in [0.2, 0.25) is 0 Å². The van der Waals surface area contributed by atoms with Crippen molar-refractivity contribution in [3.8, 4) is 11.1 Å². The first kappa shape index (κ1) is 25.3. The van der Waals surface area contributed by atoms with Gasteiger partial charge in [0.2, 0.25) is 5.91 Å². The van der Waals surface area contributed by atoms with Crippen LogP contribution in [-0.2, 0) is 14.3 Å². The van der Waals surface area contributed by atoms with Crippen molar-refractivity contribution in [2.24, 2.45) is 11.8 Å². The number of carbonyl (C=O) groups excluding carboxylic acids is 2. The second-order valence-electron chi connectivity index (χ2n) is 9.25. The van der Waals surface area contributed by atoms with Crippen LogP contribution in [0.4, 0.5) is 4.79 Å². The van der Waals surface area contributed by atoms with Crippen molar-refractivity contribution in [1.82, 2.24) is 10.6 Å². The standard InChI is InChI=1S/C27H34N2O5/c1-18(2)14-19(15-25(30)28-13-7-12-26(31)32)16-29-27(33)34-17-24-22-10-5-3-8-20(22)21-9-4-6-11-23(21)24/h3-6,8-11,18-19,24H,7,12-17H2,1-2H3,(H,28,30)(H,29,33)(H,31,32). The Balaban J connectivity index is 1.49. The third-order valence-electron chi connectivity index (χ3n) is 6.05. The van der Waals surface area contributed by atoms with Crippen LogP contribution in [0, 0.1) is 11.8 Å². The van der Waals surface area contributed by atoms with E-state index in [4.69, 9.17) is 9.84 Å². The zero-order valence-corrected chi connectivity index (χ0v) is 19.9. The topological polar surface area (TPSA) is 105 Å². The molecular weight excluding hydrogens is 432 g/mol. The number of benzene rings is 2. The van der Waals surface area contributed by atoms with Gasteiger partial charge in [-0.2, -0.15) is 0 Å². The summed E-state index contributed by atoms with van der Waals surface area (Å²) in [5.41, 5.74) is 4.68. The summed E-state index contributed by atoms with van der Waals surface area (Å²) in [7, 11) is 0. The normalized spacial score (nSPS) is 13.1. The molecule has 182 valence electrons. The lowest BCUT2D eigenvalue weighted by Gasteiger charge is -2.20. The number of aliphatic carboxylic acids is 1. The van der Waals surface area contributed by atoms with Gasteiger partial charge in [0.1, 0.15) is 6.61 Å². The molecule has 0 saturated heterocycles. The largest absolute Gasteiger partial charge is 0.481 e. The number of hydrogen-bond acceptors (Lipinski definition) is 4. The molecule has 0 heterocycles. The molecular formula is C27H34N2O5. The summed E-state index contributed by atoms with van der Waals surface area (Å²) in [6.07, 6.45) is 0.992. The Kier molecular flexibility index (Phi) is 9.08. The van der Waals surface area contributed by atoms with Gasteiger partial charge in [-0.1, -0.05) is 62.4 Å². The van der Waals surface area contributed by atoms with E-state index >= 15 is 0 Å². The van der Waals surface area contributed by atoms with Crippen LogP contribution in [0.25, 0.3) is 11.1 Å². The molecule has 0 saturated carbocycles. The van der Waals surface area contributed by atoms with E-state index < -0.39 is 12.1 Å². The molecule has 1 atom stereocenters. The minimum absolute atomic E-state index is 0.00110. The lowest BCUT2D eigenvalue weighted by Crippen LogP contribution is -2.34. The monoisotopic (exact) mass is 466 g/mol. The number of fused-ring (bicyclic) bond motifs is 3. The van der Waals surface area contributed by atoms with Crippen molar-refractivity contribution < 1.29 is 24.2 Å². The summed E-state index contributed by atoms with van der Waals surface area (Å²) in [5, 5.41) is 14.3. The van der Waals surface area contributed by atoms with Crippen LogP contribution in [0.3, 0.4) is 0 Å². The van der Waals surface area contributed by atoms with Gasteiger partial charge in [0, 0.05) is 31.8 Å². The maximum atomic E-state index is 12.5. The SMILES string of the molecule is CC(C)CC(CNC(=O)OCC1c2ccccc2-c2ccccc21)CC(=O)NCCCC(=O)O. The Morgan fingerprint density at radius 3 is 2.18 bits per heavy atom. The molecule has 0 radical (unpaired) electrons. The predicted octanol–water partition coefficient (Wildman–Crippen LogP) is 4.56. The first-order valence-electron chi connectivity index (χ1n) is 11.9. The summed E-state index contributed by atoms with van der Waals surface area (Å²) in [5.74, 6) is -0.667. The van der Waals surface area contributed by atoms with E-state index in [1.54, 1.807) is 0 Å². The molecule has 1 unspecified atom stereocenters. The molecule has 0 aliphatic heterocycles. The number of rotatable bonds is 12. The molecule has 3 rings (SSSR count). The quantitative estimate of drug-likeness (QED) is 0.398. The highest BCUT2D eigenvalue weighted by atomic mass is 16.5. The molecule has 1 aliphatic rings. The van der Waals surface area contributed by atoms with Crippen molar-refractivity contribution >= 4 is 18.0 Å². The minimum atomic E-state index is -0.876. The molecule has 1 aliphatic carbocycles. The Morgan fingerprint density at radius 2 is 1.59 bits per heavy atom. The second-order valence-corrected chi connectivity index (χ2v) is 9.25. The van der Waals surface area contributed by atoms with Crippen molar-refractivity contribution in [3.05, 3.63) is 59.7 Å². The van der Waals surface area contributed by atoms with Crippen LogP contribution in [0.5, 0.6) is 0 Å². The predicted molar refractivity (Wildman–Crippen MR) is 131 cm³/mol. The Hall–Kier alpha value is -3.35. The van der Waals surface area contributed by atoms with Crippen LogP contribution < -0.4 is 10.6 Å². The number of carbonyl (C=O) groups is 3. The molecule has 7 heteroatoms. The number of alkyl carbamates (subject to hydrolysis) is 1. The van der Waals surface area contributed by atoms with Crippen LogP contribution in [0.15, 0.2) is 48.5 Å². The summed E-state index contributed by atoms with van der Waals surface area (Å²) in [6, 6.07) is 16.4. The van der Waals surface area contributed by atoms with E-state index in [2.05, 4.69) is 48.7 Å². The van der Waals surface area contributed by atoms with E-state index in [0.29, 0.717) is 25.4 Å². The number of carboxylic acid groups (broad SMARTS) is 1. The lowest BCUT2D eigenvalue weighted by atomic mass is 9.93. The van der Waals surface area contributed by atoms with Crippen LogP contribution in [0.1, 0.15) is 56.6 Å². The van der Waals surface area contributed by atoms with Gasteiger partial charge >= 0.3 is 12.1 Å². The molecule has 34 heavy (non-hydrogen) atoms. The number of hydrogen-bond donors (Lipinski definition) is 3. The van der Waals surface area contributed by atoms with Gasteiger partial charge < -0.3 is 20.5 Å². The highest BCUT2D eigenvalue weighted by molar-refractivity contribution is 5.79. The number of amides is 2. The van der Waals surface area contributed by atoms with Crippen LogP contribution in [-0.4, -0.2) is 42.8 Å². The van der Waals surface area contributed by atoms with E-state index in [1.807, 2.05) is 24.3 Å². The maximum Gasteiger partial charge on any atom is 0.407 e. The zero-order valence-electron chi connectivity index (χ0n) is 19.9. The Labute approximate surface area is 200 Å².